The standard InChI is InChI=1S/C20H23O.2C5H5.Ti/c1-20(2,3)19(21)15-18(17-12-8-5-9-13-17)14-16-10-6-4-7-11-16;2*1-2-4-5-3-1;/h4-13,19,21H,15H2,1-3H3;2*1-5H;/q-1;;;. The third-order valence-corrected chi connectivity index (χ3v) is 4.70. The van der Waals surface area contributed by atoms with Crippen molar-refractivity contribution in [1.29, 1.82) is 0 Å². The van der Waals surface area contributed by atoms with Gasteiger partial charge in [-0.15, -0.1) is 41.5 Å². The second-order valence-corrected chi connectivity index (χ2v) is 8.35. The van der Waals surface area contributed by atoms with E-state index in [-0.39, 0.29) is 27.1 Å². The molecule has 2 fully saturated rings. The molecule has 0 saturated heterocycles. The van der Waals surface area contributed by atoms with E-state index in [2.05, 4.69) is 39.0 Å². The monoisotopic (exact) mass is 457 g/mol. The Labute approximate surface area is 212 Å². The van der Waals surface area contributed by atoms with Crippen molar-refractivity contribution in [3.05, 3.63) is 142 Å². The second kappa shape index (κ2) is 16.5. The van der Waals surface area contributed by atoms with Crippen LogP contribution >= 0.6 is 0 Å². The number of hydrogen-bond donors (Lipinski definition) is 1. The summed E-state index contributed by atoms with van der Waals surface area (Å²) in [4.78, 5) is 0. The van der Waals surface area contributed by atoms with Crippen molar-refractivity contribution in [2.45, 2.75) is 33.3 Å². The molecule has 1 unspecified atom stereocenters. The average molecular weight is 457 g/mol. The number of aliphatic hydroxyl groups excluding tert-OH is 1. The molecule has 10 radical (unpaired) electrons. The SMILES string of the molecule is CC(C)(C)C(O)CC(=[C-]c1ccccc1)c1ccccc1.[CH]1[CH][CH][CH][CH]1.[CH]1[CH][CH][CH][CH]1.[Ti]. The third-order valence-electron chi connectivity index (χ3n) is 4.70. The Balaban J connectivity index is 0.000000379. The maximum absolute atomic E-state index is 10.4. The van der Waals surface area contributed by atoms with E-state index in [4.69, 9.17) is 0 Å². The van der Waals surface area contributed by atoms with Crippen molar-refractivity contribution in [2.24, 2.45) is 5.41 Å². The van der Waals surface area contributed by atoms with E-state index in [1.807, 2.05) is 113 Å². The molecule has 2 aliphatic carbocycles. The summed E-state index contributed by atoms with van der Waals surface area (Å²) in [5, 5.41) is 10.4. The molecule has 0 bridgehead atoms. The van der Waals surface area contributed by atoms with Gasteiger partial charge in [-0.25, -0.2) is 0 Å². The first-order valence-corrected chi connectivity index (χ1v) is 10.7. The maximum atomic E-state index is 10.4. The summed E-state index contributed by atoms with van der Waals surface area (Å²) >= 11 is 0. The van der Waals surface area contributed by atoms with Gasteiger partial charge in [-0.05, 0) is 76.0 Å². The van der Waals surface area contributed by atoms with Gasteiger partial charge >= 0.3 is 0 Å². The summed E-state index contributed by atoms with van der Waals surface area (Å²) in [6.45, 7) is 6.17. The van der Waals surface area contributed by atoms with Crippen LogP contribution in [0.4, 0.5) is 0 Å². The predicted molar refractivity (Wildman–Crippen MR) is 132 cm³/mol. The van der Waals surface area contributed by atoms with Gasteiger partial charge < -0.3 is 5.11 Å². The molecule has 1 nitrogen and oxygen atoms in total. The van der Waals surface area contributed by atoms with Crippen LogP contribution in [0.2, 0.25) is 0 Å². The van der Waals surface area contributed by atoms with Crippen molar-refractivity contribution in [3.8, 4) is 0 Å². The van der Waals surface area contributed by atoms with Gasteiger partial charge in [-0.2, -0.15) is 0 Å². The number of rotatable bonds is 4. The Morgan fingerprint density at radius 3 is 1.44 bits per heavy atom. The molecule has 2 aliphatic rings. The average Bonchev–Trinajstić information content (AvgIpc) is 3.53. The minimum atomic E-state index is -0.399. The summed E-state index contributed by atoms with van der Waals surface area (Å²) < 4.78 is 0. The van der Waals surface area contributed by atoms with Gasteiger partial charge in [0.2, 0.25) is 0 Å². The fourth-order valence-electron chi connectivity index (χ4n) is 2.72. The molecule has 32 heavy (non-hydrogen) atoms. The van der Waals surface area contributed by atoms with Gasteiger partial charge in [-0.3, -0.25) is 0 Å². The zero-order valence-corrected chi connectivity index (χ0v) is 20.8. The van der Waals surface area contributed by atoms with E-state index >= 15 is 0 Å². The van der Waals surface area contributed by atoms with E-state index in [0.29, 0.717) is 6.42 Å². The summed E-state index contributed by atoms with van der Waals surface area (Å²) in [6, 6.07) is 20.3. The van der Waals surface area contributed by atoms with Crippen molar-refractivity contribution < 1.29 is 26.8 Å². The van der Waals surface area contributed by atoms with Crippen molar-refractivity contribution in [1.82, 2.24) is 0 Å². The van der Waals surface area contributed by atoms with Crippen LogP contribution < -0.4 is 0 Å². The van der Waals surface area contributed by atoms with Crippen LogP contribution in [0.5, 0.6) is 0 Å². The molecule has 1 atom stereocenters. The molecular weight excluding hydrogens is 424 g/mol. The zero-order valence-electron chi connectivity index (χ0n) is 19.3. The minimum Gasteiger partial charge on any atom is -0.392 e. The minimum absolute atomic E-state index is 0. The van der Waals surface area contributed by atoms with Crippen LogP contribution in [0.25, 0.3) is 5.57 Å². The van der Waals surface area contributed by atoms with E-state index in [9.17, 15) is 5.11 Å². The molecule has 0 heterocycles. The topological polar surface area (TPSA) is 20.2 Å². The summed E-state index contributed by atoms with van der Waals surface area (Å²) in [5.74, 6) is 0. The van der Waals surface area contributed by atoms with Crippen LogP contribution in [0.1, 0.15) is 38.3 Å². The number of hydrogen-bond acceptors (Lipinski definition) is 1. The number of aliphatic hydroxyl groups is 1. The van der Waals surface area contributed by atoms with Gasteiger partial charge in [0.05, 0.1) is 6.10 Å². The first-order chi connectivity index (χ1) is 15.0. The largest absolute Gasteiger partial charge is 0.392 e. The van der Waals surface area contributed by atoms with Crippen molar-refractivity contribution in [3.63, 3.8) is 0 Å². The summed E-state index contributed by atoms with van der Waals surface area (Å²) in [5.41, 5.74) is 3.06. The first-order valence-electron chi connectivity index (χ1n) is 10.7. The summed E-state index contributed by atoms with van der Waals surface area (Å²) in [6.07, 6.45) is 23.7. The molecule has 0 amide bonds. The Hall–Kier alpha value is -1.15. The fraction of sp³-hybridized carbons (Fsp3) is 0.200. The molecule has 0 aromatic heterocycles. The zero-order chi connectivity index (χ0) is 22.4. The molecule has 164 valence electrons. The van der Waals surface area contributed by atoms with E-state index in [1.165, 1.54) is 0 Å². The van der Waals surface area contributed by atoms with Crippen LogP contribution in [0.3, 0.4) is 0 Å². The molecule has 0 spiro atoms. The smallest absolute Gasteiger partial charge is 0.0613 e. The van der Waals surface area contributed by atoms with E-state index in [0.717, 1.165) is 16.7 Å². The molecule has 4 rings (SSSR count). The second-order valence-electron chi connectivity index (χ2n) is 8.35. The van der Waals surface area contributed by atoms with Crippen LogP contribution in [-0.4, -0.2) is 11.2 Å². The molecule has 2 heteroatoms. The first kappa shape index (κ1) is 28.9. The molecule has 2 aromatic carbocycles. The van der Waals surface area contributed by atoms with E-state index < -0.39 is 6.10 Å². The maximum Gasteiger partial charge on any atom is 0.0613 e. The van der Waals surface area contributed by atoms with Gasteiger partial charge in [-0.1, -0.05) is 62.7 Å². The number of benzene rings is 2. The normalized spacial score (nSPS) is 16.7. The van der Waals surface area contributed by atoms with Crippen molar-refractivity contribution >= 4 is 5.57 Å². The van der Waals surface area contributed by atoms with E-state index in [1.54, 1.807) is 0 Å². The Bertz CT molecular complexity index is 697. The molecule has 1 N–H and O–H groups in total. The molecule has 2 saturated carbocycles. The summed E-state index contributed by atoms with van der Waals surface area (Å²) in [7, 11) is 0. The van der Waals surface area contributed by atoms with Crippen LogP contribution in [0.15, 0.2) is 60.7 Å². The van der Waals surface area contributed by atoms with Gasteiger partial charge in [0, 0.05) is 21.7 Å². The quantitative estimate of drug-likeness (QED) is 0.306. The van der Waals surface area contributed by atoms with Crippen LogP contribution in [0, 0.1) is 75.7 Å². The Kier molecular flexibility index (Phi) is 14.9. The predicted octanol–water partition coefficient (Wildman–Crippen LogP) is 6.76. The van der Waals surface area contributed by atoms with Crippen molar-refractivity contribution in [2.75, 3.05) is 0 Å². The molecular formula is C30H33OTi-. The fourth-order valence-corrected chi connectivity index (χ4v) is 2.72. The van der Waals surface area contributed by atoms with Crippen LogP contribution in [-0.2, 0) is 21.7 Å². The Morgan fingerprint density at radius 2 is 1.06 bits per heavy atom. The van der Waals surface area contributed by atoms with Gasteiger partial charge in [0.15, 0.2) is 0 Å². The third kappa shape index (κ3) is 12.2. The van der Waals surface area contributed by atoms with Gasteiger partial charge in [0.25, 0.3) is 0 Å². The van der Waals surface area contributed by atoms with Gasteiger partial charge in [0.1, 0.15) is 0 Å². The Morgan fingerprint density at radius 1 is 0.688 bits per heavy atom. The molecule has 2 aromatic rings. The molecule has 0 aliphatic heterocycles.